The summed E-state index contributed by atoms with van der Waals surface area (Å²) in [6.07, 6.45) is 0. The third-order valence-electron chi connectivity index (χ3n) is 2.42. The van der Waals surface area contributed by atoms with E-state index in [1.54, 1.807) is 0 Å². The van der Waals surface area contributed by atoms with Crippen LogP contribution < -0.4 is 5.32 Å². The van der Waals surface area contributed by atoms with Crippen molar-refractivity contribution in [2.24, 2.45) is 11.8 Å². The molecule has 1 fully saturated rings. The highest BCUT2D eigenvalue weighted by Crippen LogP contribution is 2.23. The molecule has 0 atom stereocenters. The van der Waals surface area contributed by atoms with Crippen molar-refractivity contribution in [1.29, 1.82) is 0 Å². The van der Waals surface area contributed by atoms with E-state index in [4.69, 9.17) is 4.74 Å². The Kier molecular flexibility index (Phi) is 3.79. The molecule has 2 nitrogen and oxygen atoms in total. The highest BCUT2D eigenvalue weighted by molar-refractivity contribution is 5.18. The zero-order valence-electron chi connectivity index (χ0n) is 9.18. The Bertz CT molecular complexity index is 176. The SMILES string of the molecule is CC(C)C(=C1COCCN1)C(C)C. The van der Waals surface area contributed by atoms with Gasteiger partial charge in [-0.15, -0.1) is 0 Å². The van der Waals surface area contributed by atoms with E-state index >= 15 is 0 Å². The summed E-state index contributed by atoms with van der Waals surface area (Å²) in [4.78, 5) is 0. The van der Waals surface area contributed by atoms with E-state index in [0.29, 0.717) is 11.8 Å². The molecule has 0 aromatic heterocycles. The summed E-state index contributed by atoms with van der Waals surface area (Å²) < 4.78 is 5.44. The van der Waals surface area contributed by atoms with Crippen LogP contribution in [-0.4, -0.2) is 19.8 Å². The van der Waals surface area contributed by atoms with Crippen LogP contribution in [0.4, 0.5) is 0 Å². The first-order chi connectivity index (χ1) is 6.13. The summed E-state index contributed by atoms with van der Waals surface area (Å²) in [7, 11) is 0. The maximum absolute atomic E-state index is 5.44. The van der Waals surface area contributed by atoms with E-state index in [-0.39, 0.29) is 0 Å². The van der Waals surface area contributed by atoms with Gasteiger partial charge in [0.25, 0.3) is 0 Å². The quantitative estimate of drug-likeness (QED) is 0.708. The van der Waals surface area contributed by atoms with Crippen LogP contribution in [0.3, 0.4) is 0 Å². The number of ether oxygens (including phenoxy) is 1. The molecular weight excluding hydrogens is 162 g/mol. The van der Waals surface area contributed by atoms with Gasteiger partial charge < -0.3 is 10.1 Å². The van der Waals surface area contributed by atoms with Crippen molar-refractivity contribution in [3.63, 3.8) is 0 Å². The highest BCUT2D eigenvalue weighted by atomic mass is 16.5. The molecule has 0 saturated carbocycles. The first-order valence-electron chi connectivity index (χ1n) is 5.17. The van der Waals surface area contributed by atoms with Crippen molar-refractivity contribution in [3.05, 3.63) is 11.3 Å². The van der Waals surface area contributed by atoms with E-state index in [1.165, 1.54) is 11.3 Å². The van der Waals surface area contributed by atoms with Gasteiger partial charge in [0.05, 0.1) is 13.2 Å². The average molecular weight is 183 g/mol. The van der Waals surface area contributed by atoms with E-state index in [1.807, 2.05) is 0 Å². The first kappa shape index (κ1) is 10.6. The number of rotatable bonds is 2. The molecule has 0 aromatic rings. The summed E-state index contributed by atoms with van der Waals surface area (Å²) in [6, 6.07) is 0. The minimum absolute atomic E-state index is 0.615. The minimum Gasteiger partial charge on any atom is -0.384 e. The first-order valence-corrected chi connectivity index (χ1v) is 5.17. The molecule has 0 radical (unpaired) electrons. The molecule has 0 spiro atoms. The average Bonchev–Trinajstić information content (AvgIpc) is 2.04. The van der Waals surface area contributed by atoms with E-state index in [9.17, 15) is 0 Å². The number of hydrogen-bond donors (Lipinski definition) is 1. The Morgan fingerprint density at radius 3 is 2.23 bits per heavy atom. The van der Waals surface area contributed by atoms with Gasteiger partial charge in [0, 0.05) is 12.2 Å². The lowest BCUT2D eigenvalue weighted by Crippen LogP contribution is -2.31. The van der Waals surface area contributed by atoms with E-state index < -0.39 is 0 Å². The van der Waals surface area contributed by atoms with Crippen LogP contribution in [0.1, 0.15) is 27.7 Å². The maximum Gasteiger partial charge on any atom is 0.0863 e. The van der Waals surface area contributed by atoms with Crippen molar-refractivity contribution in [2.75, 3.05) is 19.8 Å². The smallest absolute Gasteiger partial charge is 0.0863 e. The van der Waals surface area contributed by atoms with Crippen LogP contribution >= 0.6 is 0 Å². The Labute approximate surface area is 81.4 Å². The standard InChI is InChI=1S/C11H21NO/c1-8(2)11(9(3)4)10-7-13-6-5-12-10/h8-9,12H,5-7H2,1-4H3. The van der Waals surface area contributed by atoms with Gasteiger partial charge in [0.1, 0.15) is 0 Å². The number of nitrogens with one attached hydrogen (secondary N) is 1. The molecule has 1 saturated heterocycles. The molecule has 1 aliphatic heterocycles. The number of allylic oxidation sites excluding steroid dienone is 1. The topological polar surface area (TPSA) is 21.3 Å². The Hall–Kier alpha value is -0.500. The van der Waals surface area contributed by atoms with Crippen molar-refractivity contribution in [1.82, 2.24) is 5.32 Å². The fraction of sp³-hybridized carbons (Fsp3) is 0.818. The second-order valence-electron chi connectivity index (χ2n) is 4.22. The Balaban J connectivity index is 2.80. The molecule has 0 amide bonds. The van der Waals surface area contributed by atoms with Gasteiger partial charge in [-0.05, 0) is 17.4 Å². The van der Waals surface area contributed by atoms with Crippen LogP contribution in [-0.2, 0) is 4.74 Å². The molecule has 1 heterocycles. The van der Waals surface area contributed by atoms with E-state index in [2.05, 4.69) is 33.0 Å². The molecule has 1 N–H and O–H groups in total. The normalized spacial score (nSPS) is 17.8. The lowest BCUT2D eigenvalue weighted by atomic mass is 9.90. The van der Waals surface area contributed by atoms with Gasteiger partial charge in [-0.3, -0.25) is 0 Å². The summed E-state index contributed by atoms with van der Waals surface area (Å²) >= 11 is 0. The summed E-state index contributed by atoms with van der Waals surface area (Å²) in [5.41, 5.74) is 2.83. The summed E-state index contributed by atoms with van der Waals surface area (Å²) in [6.45, 7) is 11.6. The fourth-order valence-corrected chi connectivity index (χ4v) is 2.05. The van der Waals surface area contributed by atoms with Crippen molar-refractivity contribution in [3.8, 4) is 0 Å². The van der Waals surface area contributed by atoms with Gasteiger partial charge in [0.15, 0.2) is 0 Å². The number of morpholine rings is 1. The second kappa shape index (κ2) is 4.66. The summed E-state index contributed by atoms with van der Waals surface area (Å²) in [5, 5.41) is 3.44. The predicted octanol–water partition coefficient (Wildman–Crippen LogP) is 2.17. The maximum atomic E-state index is 5.44. The zero-order chi connectivity index (χ0) is 9.84. The molecule has 13 heavy (non-hydrogen) atoms. The van der Waals surface area contributed by atoms with Crippen molar-refractivity contribution < 1.29 is 4.74 Å². The minimum atomic E-state index is 0.615. The van der Waals surface area contributed by atoms with Crippen LogP contribution in [0.5, 0.6) is 0 Å². The fourth-order valence-electron chi connectivity index (χ4n) is 2.05. The highest BCUT2D eigenvalue weighted by Gasteiger charge is 2.16. The summed E-state index contributed by atoms with van der Waals surface area (Å²) in [5.74, 6) is 1.23. The predicted molar refractivity (Wildman–Crippen MR) is 55.5 cm³/mol. The third kappa shape index (κ3) is 2.73. The van der Waals surface area contributed by atoms with Gasteiger partial charge in [0.2, 0.25) is 0 Å². The van der Waals surface area contributed by atoms with Gasteiger partial charge in [-0.25, -0.2) is 0 Å². The third-order valence-corrected chi connectivity index (χ3v) is 2.42. The molecule has 0 aromatic carbocycles. The molecule has 0 aliphatic carbocycles. The van der Waals surface area contributed by atoms with Crippen LogP contribution in [0.15, 0.2) is 11.3 Å². The molecule has 76 valence electrons. The molecular formula is C11H21NO. The second-order valence-corrected chi connectivity index (χ2v) is 4.22. The zero-order valence-corrected chi connectivity index (χ0v) is 9.18. The van der Waals surface area contributed by atoms with Crippen molar-refractivity contribution in [2.45, 2.75) is 27.7 Å². The van der Waals surface area contributed by atoms with Gasteiger partial charge in [-0.1, -0.05) is 27.7 Å². The molecule has 0 unspecified atom stereocenters. The Morgan fingerprint density at radius 2 is 1.85 bits per heavy atom. The molecule has 2 heteroatoms. The molecule has 1 aliphatic rings. The monoisotopic (exact) mass is 183 g/mol. The molecule has 1 rings (SSSR count). The van der Waals surface area contributed by atoms with Crippen LogP contribution in [0.25, 0.3) is 0 Å². The van der Waals surface area contributed by atoms with Crippen LogP contribution in [0, 0.1) is 11.8 Å². The Morgan fingerprint density at radius 1 is 1.23 bits per heavy atom. The number of hydrogen-bond acceptors (Lipinski definition) is 2. The molecule has 0 bridgehead atoms. The van der Waals surface area contributed by atoms with Crippen molar-refractivity contribution >= 4 is 0 Å². The largest absolute Gasteiger partial charge is 0.384 e. The lowest BCUT2D eigenvalue weighted by Gasteiger charge is -2.26. The van der Waals surface area contributed by atoms with Gasteiger partial charge in [-0.2, -0.15) is 0 Å². The van der Waals surface area contributed by atoms with Gasteiger partial charge >= 0.3 is 0 Å². The van der Waals surface area contributed by atoms with Crippen LogP contribution in [0.2, 0.25) is 0 Å². The lowest BCUT2D eigenvalue weighted by molar-refractivity contribution is 0.129. The van der Waals surface area contributed by atoms with E-state index in [0.717, 1.165) is 19.8 Å².